The Morgan fingerprint density at radius 1 is 0.708 bits per heavy atom. The van der Waals surface area contributed by atoms with Gasteiger partial charge in [0.25, 0.3) is 0 Å². The van der Waals surface area contributed by atoms with Crippen molar-refractivity contribution in [2.45, 2.75) is 124 Å². The highest BCUT2D eigenvalue weighted by molar-refractivity contribution is 5.69. The lowest BCUT2D eigenvalue weighted by Gasteiger charge is -2.10. The minimum atomic E-state index is 0.000950. The van der Waals surface area contributed by atoms with Gasteiger partial charge in [-0.25, -0.2) is 0 Å². The molecule has 0 aliphatic rings. The van der Waals surface area contributed by atoms with E-state index in [4.69, 9.17) is 4.74 Å². The second-order valence-electron chi connectivity index (χ2n) is 7.57. The van der Waals surface area contributed by atoms with Crippen molar-refractivity contribution in [2.75, 3.05) is 6.61 Å². The van der Waals surface area contributed by atoms with Crippen molar-refractivity contribution in [2.24, 2.45) is 5.92 Å². The summed E-state index contributed by atoms with van der Waals surface area (Å²) in [6.07, 6.45) is 20.3. The second-order valence-corrected chi connectivity index (χ2v) is 7.57. The van der Waals surface area contributed by atoms with Gasteiger partial charge in [0.15, 0.2) is 0 Å². The molecule has 0 N–H and O–H groups in total. The minimum Gasteiger partial charge on any atom is -0.465 e. The van der Waals surface area contributed by atoms with Crippen LogP contribution in [0.25, 0.3) is 0 Å². The molecule has 0 radical (unpaired) electrons. The smallest absolute Gasteiger partial charge is 0.305 e. The zero-order chi connectivity index (χ0) is 17.9. The normalized spacial score (nSPS) is 12.3. The Morgan fingerprint density at radius 3 is 1.62 bits per heavy atom. The van der Waals surface area contributed by atoms with Gasteiger partial charge in [-0.05, 0) is 18.8 Å². The number of rotatable bonds is 18. The molecule has 0 rings (SSSR count). The fraction of sp³-hybridized carbons (Fsp3) is 0.955. The first kappa shape index (κ1) is 23.5. The average molecular weight is 341 g/mol. The highest BCUT2D eigenvalue weighted by Crippen LogP contribution is 2.13. The molecule has 1 atom stereocenters. The maximum absolute atomic E-state index is 11.6. The van der Waals surface area contributed by atoms with Crippen molar-refractivity contribution in [3.05, 3.63) is 0 Å². The summed E-state index contributed by atoms with van der Waals surface area (Å²) in [5, 5.41) is 0. The molecule has 2 nitrogen and oxygen atoms in total. The summed E-state index contributed by atoms with van der Waals surface area (Å²) in [5.74, 6) is 0.506. The molecule has 144 valence electrons. The maximum atomic E-state index is 11.6. The molecule has 0 saturated heterocycles. The summed E-state index contributed by atoms with van der Waals surface area (Å²) in [7, 11) is 0. The number of hydrogen-bond acceptors (Lipinski definition) is 2. The summed E-state index contributed by atoms with van der Waals surface area (Å²) in [5.41, 5.74) is 0. The Kier molecular flexibility index (Phi) is 18.4. The Bertz CT molecular complexity index is 263. The first-order chi connectivity index (χ1) is 11.7. The van der Waals surface area contributed by atoms with Crippen LogP contribution in [-0.4, -0.2) is 12.6 Å². The zero-order valence-electron chi connectivity index (χ0n) is 16.9. The van der Waals surface area contributed by atoms with Crippen LogP contribution in [0.3, 0.4) is 0 Å². The van der Waals surface area contributed by atoms with Gasteiger partial charge in [0, 0.05) is 6.42 Å². The van der Waals surface area contributed by atoms with E-state index >= 15 is 0 Å². The lowest BCUT2D eigenvalue weighted by molar-refractivity contribution is -0.145. The van der Waals surface area contributed by atoms with Crippen LogP contribution in [0, 0.1) is 5.92 Å². The molecule has 0 saturated carbocycles. The van der Waals surface area contributed by atoms with Gasteiger partial charge in [-0.2, -0.15) is 0 Å². The topological polar surface area (TPSA) is 26.3 Å². The van der Waals surface area contributed by atoms with Gasteiger partial charge < -0.3 is 4.74 Å². The molecule has 0 fully saturated rings. The van der Waals surface area contributed by atoms with E-state index in [9.17, 15) is 4.79 Å². The number of carbonyl (C=O) groups excluding carboxylic acids is 1. The second kappa shape index (κ2) is 18.8. The standard InChI is InChI=1S/C22H44O2/c1-4-6-7-8-9-10-11-12-13-14-15-16-17-19-22(23)24-20-21(3)18-5-2/h21H,4-20H2,1-3H3. The molecule has 2 heteroatoms. The van der Waals surface area contributed by atoms with Crippen LogP contribution in [0.5, 0.6) is 0 Å². The molecule has 0 amide bonds. The Morgan fingerprint density at radius 2 is 1.17 bits per heavy atom. The highest BCUT2D eigenvalue weighted by atomic mass is 16.5. The zero-order valence-corrected chi connectivity index (χ0v) is 16.9. The Labute approximate surface area is 152 Å². The summed E-state index contributed by atoms with van der Waals surface area (Å²) < 4.78 is 5.32. The molecular formula is C22H44O2. The third kappa shape index (κ3) is 17.8. The van der Waals surface area contributed by atoms with Gasteiger partial charge in [0.05, 0.1) is 6.61 Å². The van der Waals surface area contributed by atoms with E-state index < -0.39 is 0 Å². The number of hydrogen-bond donors (Lipinski definition) is 0. The van der Waals surface area contributed by atoms with Gasteiger partial charge in [0.2, 0.25) is 0 Å². The monoisotopic (exact) mass is 340 g/mol. The van der Waals surface area contributed by atoms with Crippen LogP contribution in [-0.2, 0) is 9.53 Å². The van der Waals surface area contributed by atoms with Gasteiger partial charge in [-0.15, -0.1) is 0 Å². The van der Waals surface area contributed by atoms with Crippen LogP contribution < -0.4 is 0 Å². The third-order valence-electron chi connectivity index (χ3n) is 4.79. The highest BCUT2D eigenvalue weighted by Gasteiger charge is 2.06. The van der Waals surface area contributed by atoms with Gasteiger partial charge in [0.1, 0.15) is 0 Å². The molecule has 0 spiro atoms. The molecule has 1 unspecified atom stereocenters. The largest absolute Gasteiger partial charge is 0.465 e. The summed E-state index contributed by atoms with van der Waals surface area (Å²) in [6, 6.07) is 0. The van der Waals surface area contributed by atoms with Gasteiger partial charge in [-0.3, -0.25) is 4.79 Å². The molecule has 0 aromatic heterocycles. The third-order valence-corrected chi connectivity index (χ3v) is 4.79. The van der Waals surface area contributed by atoms with Gasteiger partial charge >= 0.3 is 5.97 Å². The molecule has 0 bridgehead atoms. The molecule has 0 aliphatic heterocycles. The lowest BCUT2D eigenvalue weighted by atomic mass is 10.0. The van der Waals surface area contributed by atoms with Gasteiger partial charge in [-0.1, -0.05) is 104 Å². The number of unbranched alkanes of at least 4 members (excludes halogenated alkanes) is 12. The summed E-state index contributed by atoms with van der Waals surface area (Å²) in [6.45, 7) is 7.20. The van der Waals surface area contributed by atoms with E-state index in [1.807, 2.05) is 0 Å². The Hall–Kier alpha value is -0.530. The molecule has 24 heavy (non-hydrogen) atoms. The van der Waals surface area contributed by atoms with Crippen LogP contribution in [0.15, 0.2) is 0 Å². The van der Waals surface area contributed by atoms with Crippen molar-refractivity contribution in [1.82, 2.24) is 0 Å². The van der Waals surface area contributed by atoms with Crippen LogP contribution in [0.1, 0.15) is 124 Å². The Balaban J connectivity index is 3.18. The minimum absolute atomic E-state index is 0.000950. The van der Waals surface area contributed by atoms with E-state index in [-0.39, 0.29) is 5.97 Å². The average Bonchev–Trinajstić information content (AvgIpc) is 2.57. The van der Waals surface area contributed by atoms with E-state index in [1.165, 1.54) is 77.0 Å². The van der Waals surface area contributed by atoms with Crippen LogP contribution in [0.2, 0.25) is 0 Å². The predicted molar refractivity (Wildman–Crippen MR) is 105 cm³/mol. The first-order valence-electron chi connectivity index (χ1n) is 10.9. The SMILES string of the molecule is CCCCCCCCCCCCCCCC(=O)OCC(C)CCC. The molecule has 0 aliphatic carbocycles. The van der Waals surface area contributed by atoms with Crippen molar-refractivity contribution < 1.29 is 9.53 Å². The summed E-state index contributed by atoms with van der Waals surface area (Å²) >= 11 is 0. The fourth-order valence-electron chi connectivity index (χ4n) is 3.17. The van der Waals surface area contributed by atoms with E-state index in [0.717, 1.165) is 19.3 Å². The first-order valence-corrected chi connectivity index (χ1v) is 10.9. The van der Waals surface area contributed by atoms with E-state index in [2.05, 4.69) is 20.8 Å². The lowest BCUT2D eigenvalue weighted by Crippen LogP contribution is -2.11. The summed E-state index contributed by atoms with van der Waals surface area (Å²) in [4.78, 5) is 11.6. The van der Waals surface area contributed by atoms with Crippen LogP contribution in [0.4, 0.5) is 0 Å². The van der Waals surface area contributed by atoms with Crippen LogP contribution >= 0.6 is 0 Å². The van der Waals surface area contributed by atoms with Crippen molar-refractivity contribution in [3.63, 3.8) is 0 Å². The molecular weight excluding hydrogens is 296 g/mol. The molecule has 0 aromatic rings. The maximum Gasteiger partial charge on any atom is 0.305 e. The fourth-order valence-corrected chi connectivity index (χ4v) is 3.17. The van der Waals surface area contributed by atoms with E-state index in [1.54, 1.807) is 0 Å². The van der Waals surface area contributed by atoms with Crippen molar-refractivity contribution in [1.29, 1.82) is 0 Å². The number of esters is 1. The molecule has 0 heterocycles. The van der Waals surface area contributed by atoms with E-state index in [0.29, 0.717) is 18.9 Å². The molecule has 0 aromatic carbocycles. The van der Waals surface area contributed by atoms with Crippen molar-refractivity contribution >= 4 is 5.97 Å². The quantitative estimate of drug-likeness (QED) is 0.191. The number of ether oxygens (including phenoxy) is 1. The van der Waals surface area contributed by atoms with Crippen molar-refractivity contribution in [3.8, 4) is 0 Å². The number of carbonyl (C=O) groups is 1. The predicted octanol–water partition coefficient (Wildman–Crippen LogP) is 7.45.